The Hall–Kier alpha value is -2.87. The fourth-order valence-corrected chi connectivity index (χ4v) is 4.39. The first-order valence-electron chi connectivity index (χ1n) is 9.51. The first kappa shape index (κ1) is 20.9. The van der Waals surface area contributed by atoms with Crippen LogP contribution in [0.4, 0.5) is 5.00 Å². The number of hydrogen-bond donors (Lipinski definition) is 1. The average molecular weight is 416 g/mol. The first-order chi connectivity index (χ1) is 14.0. The van der Waals surface area contributed by atoms with Gasteiger partial charge in [0, 0.05) is 18.7 Å². The van der Waals surface area contributed by atoms with Gasteiger partial charge in [-0.2, -0.15) is 0 Å². The summed E-state index contributed by atoms with van der Waals surface area (Å²) in [5, 5.41) is 3.10. The molecule has 1 N–H and O–H groups in total. The Balaban J connectivity index is 1.92. The Bertz CT molecular complexity index is 914. The van der Waals surface area contributed by atoms with Crippen molar-refractivity contribution >= 4 is 34.1 Å². The van der Waals surface area contributed by atoms with Gasteiger partial charge in [0.05, 0.1) is 24.2 Å². The molecule has 0 aliphatic carbocycles. The second kappa shape index (κ2) is 9.09. The molecule has 1 fully saturated rings. The van der Waals surface area contributed by atoms with Crippen molar-refractivity contribution in [3.05, 3.63) is 45.8 Å². The third kappa shape index (κ3) is 4.42. The number of carbonyl (C=O) groups is 3. The summed E-state index contributed by atoms with van der Waals surface area (Å²) in [4.78, 5) is 40.4. The maximum absolute atomic E-state index is 12.9. The lowest BCUT2D eigenvalue weighted by Gasteiger charge is -2.14. The molecule has 1 aromatic carbocycles. The van der Waals surface area contributed by atoms with E-state index in [9.17, 15) is 14.4 Å². The van der Waals surface area contributed by atoms with Gasteiger partial charge in [0.1, 0.15) is 10.8 Å². The van der Waals surface area contributed by atoms with Gasteiger partial charge < -0.3 is 19.7 Å². The van der Waals surface area contributed by atoms with Crippen LogP contribution in [0, 0.1) is 6.92 Å². The topological polar surface area (TPSA) is 84.9 Å². The van der Waals surface area contributed by atoms with Crippen molar-refractivity contribution in [2.24, 2.45) is 0 Å². The fraction of sp³-hybridized carbons (Fsp3) is 0.381. The van der Waals surface area contributed by atoms with E-state index in [2.05, 4.69) is 5.32 Å². The van der Waals surface area contributed by atoms with Gasteiger partial charge in [-0.1, -0.05) is 0 Å². The van der Waals surface area contributed by atoms with Crippen molar-refractivity contribution in [3.8, 4) is 5.75 Å². The minimum atomic E-state index is -0.549. The number of carbonyl (C=O) groups excluding carboxylic acids is 3. The number of esters is 1. The summed E-state index contributed by atoms with van der Waals surface area (Å²) in [5.74, 6) is -0.397. The highest BCUT2D eigenvalue weighted by Crippen LogP contribution is 2.35. The van der Waals surface area contributed by atoms with Crippen molar-refractivity contribution in [2.45, 2.75) is 26.7 Å². The number of ether oxygens (including phenoxy) is 2. The molecule has 7 nitrogen and oxygen atoms in total. The SMILES string of the molecule is CCOC(=O)c1c(NC(=O)c2ccc(OC)cc2)sc(C(=O)N2CCCC2)c1C. The lowest BCUT2D eigenvalue weighted by atomic mass is 10.1. The highest BCUT2D eigenvalue weighted by molar-refractivity contribution is 7.18. The lowest BCUT2D eigenvalue weighted by molar-refractivity contribution is 0.0527. The molecule has 0 bridgehead atoms. The molecule has 0 radical (unpaired) electrons. The van der Waals surface area contributed by atoms with Crippen molar-refractivity contribution in [1.29, 1.82) is 0 Å². The smallest absolute Gasteiger partial charge is 0.341 e. The summed E-state index contributed by atoms with van der Waals surface area (Å²) in [5.41, 5.74) is 1.19. The van der Waals surface area contributed by atoms with Gasteiger partial charge in [0.15, 0.2) is 0 Å². The second-order valence-electron chi connectivity index (χ2n) is 6.66. The van der Waals surface area contributed by atoms with E-state index < -0.39 is 5.97 Å². The Morgan fingerprint density at radius 3 is 2.38 bits per heavy atom. The molecule has 8 heteroatoms. The van der Waals surface area contributed by atoms with Crippen LogP contribution in [0.15, 0.2) is 24.3 Å². The van der Waals surface area contributed by atoms with E-state index in [0.717, 1.165) is 24.2 Å². The molecular formula is C21H24N2O5S. The third-order valence-corrected chi connectivity index (χ3v) is 5.99. The van der Waals surface area contributed by atoms with E-state index >= 15 is 0 Å². The molecular weight excluding hydrogens is 392 g/mol. The molecule has 1 aliphatic rings. The number of amides is 2. The molecule has 1 aromatic heterocycles. The molecule has 2 aromatic rings. The van der Waals surface area contributed by atoms with Crippen molar-refractivity contribution in [1.82, 2.24) is 4.90 Å². The monoisotopic (exact) mass is 416 g/mol. The van der Waals surface area contributed by atoms with Crippen LogP contribution in [0.3, 0.4) is 0 Å². The summed E-state index contributed by atoms with van der Waals surface area (Å²) < 4.78 is 10.3. The zero-order valence-electron chi connectivity index (χ0n) is 16.7. The number of rotatable bonds is 6. The van der Waals surface area contributed by atoms with E-state index in [0.29, 0.717) is 39.8 Å². The number of nitrogens with zero attached hydrogens (tertiary/aromatic N) is 1. The zero-order chi connectivity index (χ0) is 21.0. The molecule has 2 amide bonds. The van der Waals surface area contributed by atoms with Crippen LogP contribution >= 0.6 is 11.3 Å². The molecule has 0 spiro atoms. The Kier molecular flexibility index (Phi) is 6.53. The average Bonchev–Trinajstić information content (AvgIpc) is 3.36. The van der Waals surface area contributed by atoms with Gasteiger partial charge >= 0.3 is 5.97 Å². The summed E-state index contributed by atoms with van der Waals surface area (Å²) >= 11 is 1.12. The van der Waals surface area contributed by atoms with E-state index in [1.54, 1.807) is 50.1 Å². The molecule has 2 heterocycles. The summed E-state index contributed by atoms with van der Waals surface area (Å²) in [6, 6.07) is 6.64. The van der Waals surface area contributed by atoms with E-state index in [-0.39, 0.29) is 24.0 Å². The van der Waals surface area contributed by atoms with Gasteiger partial charge in [-0.05, 0) is 56.5 Å². The number of hydrogen-bond acceptors (Lipinski definition) is 6. The Morgan fingerprint density at radius 1 is 1.14 bits per heavy atom. The molecule has 0 unspecified atom stereocenters. The number of likely N-dealkylation sites (tertiary alicyclic amines) is 1. The normalized spacial score (nSPS) is 13.3. The van der Waals surface area contributed by atoms with Crippen molar-refractivity contribution in [2.75, 3.05) is 32.1 Å². The van der Waals surface area contributed by atoms with Crippen molar-refractivity contribution < 1.29 is 23.9 Å². The maximum atomic E-state index is 12.9. The fourth-order valence-electron chi connectivity index (χ4n) is 3.24. The van der Waals surface area contributed by atoms with E-state index in [1.807, 2.05) is 0 Å². The quantitative estimate of drug-likeness (QED) is 0.726. The van der Waals surface area contributed by atoms with Gasteiger partial charge in [0.2, 0.25) is 0 Å². The van der Waals surface area contributed by atoms with Gasteiger partial charge in [-0.3, -0.25) is 9.59 Å². The molecule has 0 atom stereocenters. The summed E-state index contributed by atoms with van der Waals surface area (Å²) in [6.45, 7) is 5.05. The first-order valence-corrected chi connectivity index (χ1v) is 10.3. The highest BCUT2D eigenvalue weighted by Gasteiger charge is 2.30. The highest BCUT2D eigenvalue weighted by atomic mass is 32.1. The van der Waals surface area contributed by atoms with Crippen LogP contribution in [0.1, 0.15) is 55.7 Å². The molecule has 1 aliphatic heterocycles. The lowest BCUT2D eigenvalue weighted by Crippen LogP contribution is -2.27. The van der Waals surface area contributed by atoms with Crippen LogP contribution < -0.4 is 10.1 Å². The molecule has 29 heavy (non-hydrogen) atoms. The number of nitrogens with one attached hydrogen (secondary N) is 1. The van der Waals surface area contributed by atoms with Crippen LogP contribution in [0.2, 0.25) is 0 Å². The second-order valence-corrected chi connectivity index (χ2v) is 7.68. The molecule has 1 saturated heterocycles. The van der Waals surface area contributed by atoms with Crippen LogP contribution in [0.5, 0.6) is 5.75 Å². The molecule has 3 rings (SSSR count). The van der Waals surface area contributed by atoms with Gasteiger partial charge in [-0.15, -0.1) is 11.3 Å². The number of anilines is 1. The molecule has 154 valence electrons. The van der Waals surface area contributed by atoms with Crippen molar-refractivity contribution in [3.63, 3.8) is 0 Å². The standard InChI is InChI=1S/C21H24N2O5S/c1-4-28-21(26)16-13(2)17(20(25)23-11-5-6-12-23)29-19(16)22-18(24)14-7-9-15(27-3)10-8-14/h7-10H,4-6,11-12H2,1-3H3,(H,22,24). The minimum Gasteiger partial charge on any atom is -0.497 e. The van der Waals surface area contributed by atoms with Crippen LogP contribution in [-0.4, -0.2) is 49.5 Å². The Labute approximate surface area is 173 Å². The summed E-state index contributed by atoms with van der Waals surface area (Å²) in [6.07, 6.45) is 1.95. The Morgan fingerprint density at radius 2 is 1.79 bits per heavy atom. The molecule has 0 saturated carbocycles. The maximum Gasteiger partial charge on any atom is 0.341 e. The minimum absolute atomic E-state index is 0.111. The number of benzene rings is 1. The predicted octanol–water partition coefficient (Wildman–Crippen LogP) is 3.73. The summed E-state index contributed by atoms with van der Waals surface area (Å²) in [7, 11) is 1.55. The largest absolute Gasteiger partial charge is 0.497 e. The van der Waals surface area contributed by atoms with Gasteiger partial charge in [-0.25, -0.2) is 4.79 Å². The third-order valence-electron chi connectivity index (χ3n) is 4.79. The van der Waals surface area contributed by atoms with E-state index in [4.69, 9.17) is 9.47 Å². The zero-order valence-corrected chi connectivity index (χ0v) is 17.6. The van der Waals surface area contributed by atoms with Gasteiger partial charge in [0.25, 0.3) is 11.8 Å². The predicted molar refractivity (Wildman–Crippen MR) is 111 cm³/mol. The van der Waals surface area contributed by atoms with Crippen LogP contribution in [-0.2, 0) is 4.74 Å². The van der Waals surface area contributed by atoms with Crippen LogP contribution in [0.25, 0.3) is 0 Å². The number of thiophene rings is 1. The van der Waals surface area contributed by atoms with E-state index in [1.165, 1.54) is 0 Å². The number of methoxy groups -OCH3 is 1.